The van der Waals surface area contributed by atoms with Crippen molar-refractivity contribution in [3.05, 3.63) is 40.8 Å². The van der Waals surface area contributed by atoms with Gasteiger partial charge in [0.25, 0.3) is 0 Å². The molecule has 1 N–H and O–H groups in total. The predicted molar refractivity (Wildman–Crippen MR) is 69.2 cm³/mol. The largest absolute Gasteiger partial charge is 0.411 e. The Morgan fingerprint density at radius 1 is 1.47 bits per heavy atom. The average Bonchev–Trinajstić information content (AvgIpc) is 2.88. The number of nitrogens with zero attached hydrogens (tertiary/aromatic N) is 3. The number of benzene rings is 1. The van der Waals surface area contributed by atoms with Crippen molar-refractivity contribution in [1.82, 2.24) is 10.3 Å². The lowest BCUT2D eigenvalue weighted by atomic mass is 10.0. The van der Waals surface area contributed by atoms with Crippen molar-refractivity contribution in [2.24, 2.45) is 5.16 Å². The highest BCUT2D eigenvalue weighted by Crippen LogP contribution is 2.19. The molecule has 0 fully saturated rings. The van der Waals surface area contributed by atoms with E-state index < -0.39 is 0 Å². The summed E-state index contributed by atoms with van der Waals surface area (Å²) in [5, 5.41) is 20.3. The molecule has 7 heteroatoms. The molecule has 100 valence electrons. The van der Waals surface area contributed by atoms with E-state index in [2.05, 4.69) is 20.1 Å². The maximum Gasteiger partial charge on any atom is 0.170 e. The van der Waals surface area contributed by atoms with Gasteiger partial charge in [-0.15, -0.1) is 11.8 Å². The summed E-state index contributed by atoms with van der Waals surface area (Å²) in [6.07, 6.45) is 2.14. The third-order valence-corrected chi connectivity index (χ3v) is 3.29. The molecule has 0 radical (unpaired) electrons. The Balaban J connectivity index is 2.27. The number of hydrogen-bond acceptors (Lipinski definition) is 6. The fourth-order valence-corrected chi connectivity index (χ4v) is 2.12. The van der Waals surface area contributed by atoms with Crippen molar-refractivity contribution in [2.45, 2.75) is 18.4 Å². The first-order valence-electron chi connectivity index (χ1n) is 5.48. The Kier molecular flexibility index (Phi) is 4.16. The SMILES string of the molecule is CSc1nonc1/C(Cc1ccc(F)c(C)c1)=N/O. The summed E-state index contributed by atoms with van der Waals surface area (Å²) < 4.78 is 17.8. The van der Waals surface area contributed by atoms with Gasteiger partial charge in [0.15, 0.2) is 10.7 Å². The highest BCUT2D eigenvalue weighted by atomic mass is 32.2. The van der Waals surface area contributed by atoms with Gasteiger partial charge in [0, 0.05) is 6.42 Å². The third kappa shape index (κ3) is 2.93. The quantitative estimate of drug-likeness (QED) is 0.404. The van der Waals surface area contributed by atoms with Crippen LogP contribution in [0.4, 0.5) is 4.39 Å². The van der Waals surface area contributed by atoms with Crippen LogP contribution in [0.2, 0.25) is 0 Å². The van der Waals surface area contributed by atoms with Crippen molar-refractivity contribution in [1.29, 1.82) is 0 Å². The van der Waals surface area contributed by atoms with Gasteiger partial charge in [-0.05, 0) is 40.7 Å². The van der Waals surface area contributed by atoms with Crippen LogP contribution < -0.4 is 0 Å². The van der Waals surface area contributed by atoms with Crippen molar-refractivity contribution in [3.63, 3.8) is 0 Å². The molecule has 0 aliphatic rings. The number of halogens is 1. The lowest BCUT2D eigenvalue weighted by Gasteiger charge is -2.04. The second-order valence-electron chi connectivity index (χ2n) is 3.93. The third-order valence-electron chi connectivity index (χ3n) is 2.64. The smallest absolute Gasteiger partial charge is 0.170 e. The first-order chi connectivity index (χ1) is 9.15. The molecule has 0 bridgehead atoms. The van der Waals surface area contributed by atoms with Gasteiger partial charge >= 0.3 is 0 Å². The van der Waals surface area contributed by atoms with Crippen molar-refractivity contribution >= 4 is 17.5 Å². The van der Waals surface area contributed by atoms with Gasteiger partial charge in [-0.25, -0.2) is 9.02 Å². The lowest BCUT2D eigenvalue weighted by molar-refractivity contribution is 0.296. The van der Waals surface area contributed by atoms with Gasteiger partial charge in [-0.1, -0.05) is 17.3 Å². The summed E-state index contributed by atoms with van der Waals surface area (Å²) >= 11 is 1.34. The highest BCUT2D eigenvalue weighted by molar-refractivity contribution is 7.98. The van der Waals surface area contributed by atoms with E-state index in [9.17, 15) is 4.39 Å². The molecule has 19 heavy (non-hydrogen) atoms. The molecule has 0 atom stereocenters. The zero-order valence-electron chi connectivity index (χ0n) is 10.4. The summed E-state index contributed by atoms with van der Waals surface area (Å²) in [4.78, 5) is 0. The fourth-order valence-electron chi connectivity index (χ4n) is 1.67. The molecule has 0 aliphatic carbocycles. The number of hydrogen-bond donors (Lipinski definition) is 1. The number of aryl methyl sites for hydroxylation is 1. The van der Waals surface area contributed by atoms with Crippen molar-refractivity contribution in [3.8, 4) is 0 Å². The summed E-state index contributed by atoms with van der Waals surface area (Å²) in [7, 11) is 0. The minimum absolute atomic E-state index is 0.265. The highest BCUT2D eigenvalue weighted by Gasteiger charge is 2.17. The topological polar surface area (TPSA) is 71.5 Å². The van der Waals surface area contributed by atoms with Crippen LogP contribution in [0, 0.1) is 12.7 Å². The molecule has 0 amide bonds. The minimum atomic E-state index is -0.265. The first-order valence-corrected chi connectivity index (χ1v) is 6.71. The van der Waals surface area contributed by atoms with E-state index in [-0.39, 0.29) is 5.82 Å². The lowest BCUT2D eigenvalue weighted by Crippen LogP contribution is -2.07. The molecule has 2 aromatic rings. The molecule has 5 nitrogen and oxygen atoms in total. The molecular formula is C12H12FN3O2S. The monoisotopic (exact) mass is 281 g/mol. The molecule has 0 unspecified atom stereocenters. The van der Waals surface area contributed by atoms with Crippen molar-refractivity contribution in [2.75, 3.05) is 6.26 Å². The zero-order chi connectivity index (χ0) is 13.8. The molecule has 1 heterocycles. The van der Waals surface area contributed by atoms with Gasteiger partial charge in [-0.2, -0.15) is 0 Å². The molecule has 0 saturated heterocycles. The van der Waals surface area contributed by atoms with E-state index in [1.807, 2.05) is 6.26 Å². The van der Waals surface area contributed by atoms with Gasteiger partial charge in [0.1, 0.15) is 11.5 Å². The van der Waals surface area contributed by atoms with E-state index in [1.54, 1.807) is 19.1 Å². The molecular weight excluding hydrogens is 269 g/mol. The Bertz CT molecular complexity index is 613. The standard InChI is InChI=1S/C12H12FN3O2S/c1-7-5-8(3-4-9(7)13)6-10(14-17)11-12(19-2)16-18-15-11/h3-5,17H,6H2,1-2H3/b14-10+. The summed E-state index contributed by atoms with van der Waals surface area (Å²) in [6.45, 7) is 1.68. The van der Waals surface area contributed by atoms with Crippen LogP contribution in [0.25, 0.3) is 0 Å². The van der Waals surface area contributed by atoms with Crippen LogP contribution in [0.15, 0.2) is 33.0 Å². The van der Waals surface area contributed by atoms with Crippen LogP contribution in [-0.2, 0) is 6.42 Å². The van der Waals surface area contributed by atoms with E-state index >= 15 is 0 Å². The first kappa shape index (κ1) is 13.5. The zero-order valence-corrected chi connectivity index (χ0v) is 11.2. The van der Waals surface area contributed by atoms with Gasteiger partial charge in [0.05, 0.1) is 0 Å². The molecule has 0 saturated carbocycles. The van der Waals surface area contributed by atoms with E-state index in [4.69, 9.17) is 5.21 Å². The molecule has 0 spiro atoms. The Morgan fingerprint density at radius 3 is 2.89 bits per heavy atom. The summed E-state index contributed by atoms with van der Waals surface area (Å²) in [5.41, 5.74) is 2.09. The molecule has 1 aromatic heterocycles. The van der Waals surface area contributed by atoms with Gasteiger partial charge in [-0.3, -0.25) is 0 Å². The van der Waals surface area contributed by atoms with Gasteiger partial charge < -0.3 is 5.21 Å². The fraction of sp³-hybridized carbons (Fsp3) is 0.250. The Hall–Kier alpha value is -1.89. The number of aromatic nitrogens is 2. The molecule has 2 rings (SSSR count). The Labute approximate surface area is 113 Å². The minimum Gasteiger partial charge on any atom is -0.411 e. The van der Waals surface area contributed by atoms with Crippen LogP contribution in [0.5, 0.6) is 0 Å². The average molecular weight is 281 g/mol. The normalized spacial score (nSPS) is 11.8. The number of rotatable bonds is 4. The number of thioether (sulfide) groups is 1. The van der Waals surface area contributed by atoms with E-state index in [0.717, 1.165) is 5.56 Å². The second kappa shape index (κ2) is 5.83. The molecule has 0 aliphatic heterocycles. The van der Waals surface area contributed by atoms with Gasteiger partial charge in [0.2, 0.25) is 0 Å². The van der Waals surface area contributed by atoms with Crippen LogP contribution in [-0.4, -0.2) is 27.5 Å². The predicted octanol–water partition coefficient (Wildman–Crippen LogP) is 2.66. The second-order valence-corrected chi connectivity index (χ2v) is 4.72. The van der Waals surface area contributed by atoms with E-state index in [1.165, 1.54) is 17.8 Å². The maximum atomic E-state index is 13.2. The van der Waals surface area contributed by atoms with Crippen molar-refractivity contribution < 1.29 is 14.2 Å². The van der Waals surface area contributed by atoms with Crippen LogP contribution in [0.1, 0.15) is 16.8 Å². The van der Waals surface area contributed by atoms with Crippen LogP contribution >= 0.6 is 11.8 Å². The number of oxime groups is 1. The maximum absolute atomic E-state index is 13.2. The van der Waals surface area contributed by atoms with E-state index in [0.29, 0.717) is 28.4 Å². The van der Waals surface area contributed by atoms with Crippen LogP contribution in [0.3, 0.4) is 0 Å². The summed E-state index contributed by atoms with van der Waals surface area (Å²) in [6, 6.07) is 4.72. The summed E-state index contributed by atoms with van der Waals surface area (Å²) in [5.74, 6) is -0.265. The molecule has 1 aromatic carbocycles. The Morgan fingerprint density at radius 2 is 2.26 bits per heavy atom.